The standard InChI is InChI=1S/C22H26BrNO2/c1-2-3-14-24-15-4-5-20(24)16-26-21-12-8-18(9-13-21)22(25)17-6-10-19(23)11-7-17/h6-13,20H,2-5,14-16H2,1H3/t20-/m0/s1. The van der Waals surface area contributed by atoms with E-state index in [0.29, 0.717) is 17.2 Å². The zero-order chi connectivity index (χ0) is 18.4. The molecule has 0 aliphatic carbocycles. The minimum absolute atomic E-state index is 0.0329. The van der Waals surface area contributed by atoms with Gasteiger partial charge in [0.05, 0.1) is 0 Å². The Hall–Kier alpha value is -1.65. The Kier molecular flexibility index (Phi) is 6.86. The van der Waals surface area contributed by atoms with E-state index in [9.17, 15) is 4.79 Å². The Labute approximate surface area is 164 Å². The van der Waals surface area contributed by atoms with E-state index < -0.39 is 0 Å². The predicted molar refractivity (Wildman–Crippen MR) is 109 cm³/mol. The van der Waals surface area contributed by atoms with E-state index in [-0.39, 0.29) is 5.78 Å². The minimum Gasteiger partial charge on any atom is -0.492 e. The van der Waals surface area contributed by atoms with Crippen LogP contribution in [0.1, 0.15) is 48.5 Å². The van der Waals surface area contributed by atoms with Crippen LogP contribution in [0, 0.1) is 0 Å². The molecule has 0 saturated carbocycles. The van der Waals surface area contributed by atoms with Gasteiger partial charge in [-0.2, -0.15) is 0 Å². The topological polar surface area (TPSA) is 29.5 Å². The molecule has 0 aromatic heterocycles. The second-order valence-electron chi connectivity index (χ2n) is 6.86. The Morgan fingerprint density at radius 3 is 2.42 bits per heavy atom. The highest BCUT2D eigenvalue weighted by atomic mass is 79.9. The normalized spacial score (nSPS) is 17.4. The number of unbranched alkanes of at least 4 members (excludes halogenated alkanes) is 1. The van der Waals surface area contributed by atoms with Gasteiger partial charge in [0.15, 0.2) is 5.78 Å². The number of likely N-dealkylation sites (tertiary alicyclic amines) is 1. The lowest BCUT2D eigenvalue weighted by atomic mass is 10.0. The van der Waals surface area contributed by atoms with Crippen LogP contribution in [0.5, 0.6) is 5.75 Å². The first-order valence-corrected chi connectivity index (χ1v) is 10.2. The van der Waals surface area contributed by atoms with E-state index in [2.05, 4.69) is 27.8 Å². The van der Waals surface area contributed by atoms with Gasteiger partial charge in [0.2, 0.25) is 0 Å². The Morgan fingerprint density at radius 1 is 1.12 bits per heavy atom. The van der Waals surface area contributed by atoms with Crippen molar-refractivity contribution < 1.29 is 9.53 Å². The molecule has 0 amide bonds. The van der Waals surface area contributed by atoms with E-state index in [0.717, 1.165) is 16.8 Å². The lowest BCUT2D eigenvalue weighted by Gasteiger charge is -2.24. The molecule has 0 unspecified atom stereocenters. The summed E-state index contributed by atoms with van der Waals surface area (Å²) in [5.41, 5.74) is 1.38. The number of halogens is 1. The molecule has 1 heterocycles. The summed E-state index contributed by atoms with van der Waals surface area (Å²) in [5, 5.41) is 0. The van der Waals surface area contributed by atoms with Crippen LogP contribution < -0.4 is 4.74 Å². The zero-order valence-electron chi connectivity index (χ0n) is 15.3. The average molecular weight is 416 g/mol. The first kappa shape index (κ1) is 19.1. The quantitative estimate of drug-likeness (QED) is 0.546. The molecule has 1 aliphatic rings. The molecule has 3 nitrogen and oxygen atoms in total. The zero-order valence-corrected chi connectivity index (χ0v) is 16.9. The van der Waals surface area contributed by atoms with Crippen LogP contribution >= 0.6 is 15.9 Å². The maximum atomic E-state index is 12.5. The fraction of sp³-hybridized carbons (Fsp3) is 0.409. The molecule has 138 valence electrons. The van der Waals surface area contributed by atoms with Crippen molar-refractivity contribution in [2.45, 2.75) is 38.6 Å². The van der Waals surface area contributed by atoms with Gasteiger partial charge in [0, 0.05) is 21.6 Å². The third kappa shape index (κ3) is 4.95. The molecule has 0 N–H and O–H groups in total. The van der Waals surface area contributed by atoms with Gasteiger partial charge >= 0.3 is 0 Å². The summed E-state index contributed by atoms with van der Waals surface area (Å²) in [5.74, 6) is 0.866. The highest BCUT2D eigenvalue weighted by Gasteiger charge is 2.24. The summed E-state index contributed by atoms with van der Waals surface area (Å²) >= 11 is 3.39. The first-order valence-electron chi connectivity index (χ1n) is 9.44. The minimum atomic E-state index is 0.0329. The fourth-order valence-electron chi connectivity index (χ4n) is 3.40. The van der Waals surface area contributed by atoms with Crippen LogP contribution in [0.25, 0.3) is 0 Å². The van der Waals surface area contributed by atoms with Crippen molar-refractivity contribution in [1.82, 2.24) is 4.90 Å². The van der Waals surface area contributed by atoms with Gasteiger partial charge in [0.1, 0.15) is 12.4 Å². The van der Waals surface area contributed by atoms with Crippen LogP contribution in [0.2, 0.25) is 0 Å². The van der Waals surface area contributed by atoms with Gasteiger partial charge < -0.3 is 4.74 Å². The molecule has 0 bridgehead atoms. The van der Waals surface area contributed by atoms with Crippen molar-refractivity contribution in [3.63, 3.8) is 0 Å². The molecule has 26 heavy (non-hydrogen) atoms. The fourth-order valence-corrected chi connectivity index (χ4v) is 3.67. The summed E-state index contributed by atoms with van der Waals surface area (Å²) in [6.45, 7) is 5.32. The summed E-state index contributed by atoms with van der Waals surface area (Å²) < 4.78 is 6.97. The highest BCUT2D eigenvalue weighted by Crippen LogP contribution is 2.21. The van der Waals surface area contributed by atoms with E-state index in [1.54, 1.807) is 0 Å². The SMILES string of the molecule is CCCCN1CCC[C@H]1COc1ccc(C(=O)c2ccc(Br)cc2)cc1. The van der Waals surface area contributed by atoms with E-state index in [4.69, 9.17) is 4.74 Å². The van der Waals surface area contributed by atoms with Crippen molar-refractivity contribution >= 4 is 21.7 Å². The van der Waals surface area contributed by atoms with Crippen LogP contribution in [-0.4, -0.2) is 36.4 Å². The second-order valence-corrected chi connectivity index (χ2v) is 7.77. The number of carbonyl (C=O) groups excluding carboxylic acids is 1. The Morgan fingerprint density at radius 2 is 1.77 bits per heavy atom. The van der Waals surface area contributed by atoms with Crippen molar-refractivity contribution in [2.24, 2.45) is 0 Å². The molecular formula is C22H26BrNO2. The first-order chi connectivity index (χ1) is 12.7. The van der Waals surface area contributed by atoms with Gasteiger partial charge in [-0.25, -0.2) is 0 Å². The lowest BCUT2D eigenvalue weighted by Crippen LogP contribution is -2.34. The lowest BCUT2D eigenvalue weighted by molar-refractivity contribution is 0.103. The summed E-state index contributed by atoms with van der Waals surface area (Å²) in [6, 6.07) is 15.5. The molecule has 4 heteroatoms. The highest BCUT2D eigenvalue weighted by molar-refractivity contribution is 9.10. The molecule has 2 aromatic rings. The third-order valence-electron chi connectivity index (χ3n) is 4.96. The molecule has 1 saturated heterocycles. The number of rotatable bonds is 8. The van der Waals surface area contributed by atoms with Crippen molar-refractivity contribution in [3.05, 3.63) is 64.1 Å². The van der Waals surface area contributed by atoms with Gasteiger partial charge in [-0.15, -0.1) is 0 Å². The van der Waals surface area contributed by atoms with Crippen molar-refractivity contribution in [1.29, 1.82) is 0 Å². The number of nitrogens with zero attached hydrogens (tertiary/aromatic N) is 1. The van der Waals surface area contributed by atoms with E-state index in [1.807, 2.05) is 48.5 Å². The van der Waals surface area contributed by atoms with Crippen LogP contribution in [-0.2, 0) is 0 Å². The summed E-state index contributed by atoms with van der Waals surface area (Å²) in [6.07, 6.45) is 4.96. The number of ether oxygens (including phenoxy) is 1. The van der Waals surface area contributed by atoms with E-state index in [1.165, 1.54) is 38.8 Å². The third-order valence-corrected chi connectivity index (χ3v) is 5.49. The Balaban J connectivity index is 1.56. The van der Waals surface area contributed by atoms with Gasteiger partial charge in [-0.05, 0) is 80.9 Å². The molecule has 1 aliphatic heterocycles. The molecule has 3 rings (SSSR count). The van der Waals surface area contributed by atoms with Crippen LogP contribution in [0.3, 0.4) is 0 Å². The molecule has 0 radical (unpaired) electrons. The molecule has 0 spiro atoms. The number of carbonyl (C=O) groups is 1. The van der Waals surface area contributed by atoms with Gasteiger partial charge in [-0.1, -0.05) is 29.3 Å². The van der Waals surface area contributed by atoms with Crippen molar-refractivity contribution in [3.8, 4) is 5.75 Å². The summed E-state index contributed by atoms with van der Waals surface area (Å²) in [4.78, 5) is 15.1. The van der Waals surface area contributed by atoms with Crippen molar-refractivity contribution in [2.75, 3.05) is 19.7 Å². The largest absolute Gasteiger partial charge is 0.492 e. The molecule has 1 atom stereocenters. The van der Waals surface area contributed by atoms with Crippen LogP contribution in [0.15, 0.2) is 53.0 Å². The smallest absolute Gasteiger partial charge is 0.193 e. The van der Waals surface area contributed by atoms with Gasteiger partial charge in [-0.3, -0.25) is 9.69 Å². The average Bonchev–Trinajstić information content (AvgIpc) is 3.12. The number of hydrogen-bond donors (Lipinski definition) is 0. The van der Waals surface area contributed by atoms with Gasteiger partial charge in [0.25, 0.3) is 0 Å². The number of ketones is 1. The van der Waals surface area contributed by atoms with E-state index >= 15 is 0 Å². The predicted octanol–water partition coefficient (Wildman–Crippen LogP) is 5.32. The molecule has 1 fully saturated rings. The maximum Gasteiger partial charge on any atom is 0.193 e. The number of benzene rings is 2. The number of hydrogen-bond acceptors (Lipinski definition) is 3. The second kappa shape index (κ2) is 9.33. The maximum absolute atomic E-state index is 12.5. The monoisotopic (exact) mass is 415 g/mol. The van der Waals surface area contributed by atoms with Crippen LogP contribution in [0.4, 0.5) is 0 Å². The summed E-state index contributed by atoms with van der Waals surface area (Å²) in [7, 11) is 0. The molecular weight excluding hydrogens is 390 g/mol. The molecule has 2 aromatic carbocycles. The Bertz CT molecular complexity index is 712.